The summed E-state index contributed by atoms with van der Waals surface area (Å²) in [5, 5.41) is 9.37. The number of nitrogens with two attached hydrogens (primary N) is 1. The number of aliphatic hydroxyl groups excluding tert-OH is 1. The lowest BCUT2D eigenvalue weighted by atomic mass is 10.2. The molecule has 0 amide bonds. The molecule has 0 heterocycles. The number of hydrogen-bond acceptors (Lipinski definition) is 2. The zero-order chi connectivity index (χ0) is 8.43. The van der Waals surface area contributed by atoms with Gasteiger partial charge in [-0.2, -0.15) is 0 Å². The molecule has 1 aromatic carbocycles. The smallest absolute Gasteiger partial charge is 0.0702 e. The number of anilines is 1. The van der Waals surface area contributed by atoms with Crippen molar-refractivity contribution in [3.8, 4) is 0 Å². The fraction of sp³-hybridized carbons (Fsp3) is 0.143. The number of rotatable bonds is 1. The Morgan fingerprint density at radius 3 is 2.73 bits per heavy atom. The fourth-order valence-electron chi connectivity index (χ4n) is 0.769. The minimum absolute atomic E-state index is 0.0923. The molecule has 1 rings (SSSR count). The maximum absolute atomic E-state index is 8.81. The second-order valence-corrected chi connectivity index (χ2v) is 3.41. The van der Waals surface area contributed by atoms with Crippen LogP contribution in [0, 0.1) is 0 Å². The molecule has 1 aromatic rings. The van der Waals surface area contributed by atoms with Crippen molar-refractivity contribution in [2.75, 3.05) is 5.73 Å². The van der Waals surface area contributed by atoms with Crippen molar-refractivity contribution < 1.29 is 5.11 Å². The van der Waals surface area contributed by atoms with Crippen LogP contribution in [-0.4, -0.2) is 5.11 Å². The van der Waals surface area contributed by atoms with E-state index in [1.807, 2.05) is 0 Å². The number of halogens is 2. The third-order valence-electron chi connectivity index (χ3n) is 1.35. The minimum atomic E-state index is -0.0923. The van der Waals surface area contributed by atoms with E-state index < -0.39 is 0 Å². The van der Waals surface area contributed by atoms with Crippen LogP contribution in [0.2, 0.25) is 5.02 Å². The van der Waals surface area contributed by atoms with Gasteiger partial charge in [-0.1, -0.05) is 11.6 Å². The summed E-state index contributed by atoms with van der Waals surface area (Å²) in [6.07, 6.45) is 0. The standard InChI is InChI=1S/C7H7BrClNO/c8-6-2-5(9)1-4(3-11)7(6)10/h1-2,11H,3,10H2. The van der Waals surface area contributed by atoms with Gasteiger partial charge in [0.25, 0.3) is 0 Å². The molecule has 0 spiro atoms. The summed E-state index contributed by atoms with van der Waals surface area (Å²) in [7, 11) is 0. The molecular weight excluding hydrogens is 229 g/mol. The highest BCUT2D eigenvalue weighted by Gasteiger charge is 2.03. The predicted octanol–water partition coefficient (Wildman–Crippen LogP) is 2.18. The van der Waals surface area contributed by atoms with Crippen LogP contribution >= 0.6 is 27.5 Å². The highest BCUT2D eigenvalue weighted by molar-refractivity contribution is 9.10. The van der Waals surface area contributed by atoms with E-state index in [9.17, 15) is 0 Å². The van der Waals surface area contributed by atoms with E-state index in [1.54, 1.807) is 12.1 Å². The van der Waals surface area contributed by atoms with E-state index in [2.05, 4.69) is 15.9 Å². The number of hydrogen-bond donors (Lipinski definition) is 2. The van der Waals surface area contributed by atoms with Gasteiger partial charge in [-0.3, -0.25) is 0 Å². The maximum Gasteiger partial charge on any atom is 0.0702 e. The highest BCUT2D eigenvalue weighted by Crippen LogP contribution is 2.27. The van der Waals surface area contributed by atoms with Crippen LogP contribution in [0.15, 0.2) is 16.6 Å². The molecule has 0 saturated heterocycles. The molecular formula is C7H7BrClNO. The Kier molecular flexibility index (Phi) is 2.76. The molecule has 60 valence electrons. The number of nitrogen functional groups attached to an aromatic ring is 1. The van der Waals surface area contributed by atoms with Crippen molar-refractivity contribution in [1.29, 1.82) is 0 Å². The van der Waals surface area contributed by atoms with Gasteiger partial charge in [0.15, 0.2) is 0 Å². The topological polar surface area (TPSA) is 46.2 Å². The molecule has 0 aliphatic heterocycles. The molecule has 11 heavy (non-hydrogen) atoms. The summed E-state index contributed by atoms with van der Waals surface area (Å²) in [6, 6.07) is 3.33. The Bertz CT molecular complexity index is 277. The largest absolute Gasteiger partial charge is 0.398 e. The molecule has 0 aromatic heterocycles. The average molecular weight is 236 g/mol. The Morgan fingerprint density at radius 1 is 1.55 bits per heavy atom. The van der Waals surface area contributed by atoms with Crippen molar-refractivity contribution in [2.45, 2.75) is 6.61 Å². The summed E-state index contributed by atoms with van der Waals surface area (Å²) in [5.74, 6) is 0. The zero-order valence-electron chi connectivity index (χ0n) is 5.64. The van der Waals surface area contributed by atoms with Crippen molar-refractivity contribution in [1.82, 2.24) is 0 Å². The first-order chi connectivity index (χ1) is 5.15. The van der Waals surface area contributed by atoms with Gasteiger partial charge in [0.2, 0.25) is 0 Å². The van der Waals surface area contributed by atoms with E-state index in [4.69, 9.17) is 22.4 Å². The fourth-order valence-corrected chi connectivity index (χ4v) is 1.64. The van der Waals surface area contributed by atoms with E-state index in [1.165, 1.54) is 0 Å². The molecule has 0 bridgehead atoms. The summed E-state index contributed by atoms with van der Waals surface area (Å²) in [4.78, 5) is 0. The summed E-state index contributed by atoms with van der Waals surface area (Å²) >= 11 is 8.92. The summed E-state index contributed by atoms with van der Waals surface area (Å²) in [6.45, 7) is -0.0923. The third-order valence-corrected chi connectivity index (χ3v) is 2.22. The van der Waals surface area contributed by atoms with Gasteiger partial charge in [0, 0.05) is 15.1 Å². The van der Waals surface area contributed by atoms with Gasteiger partial charge in [0.1, 0.15) is 0 Å². The van der Waals surface area contributed by atoms with Crippen molar-refractivity contribution in [3.63, 3.8) is 0 Å². The van der Waals surface area contributed by atoms with Crippen molar-refractivity contribution in [2.24, 2.45) is 0 Å². The molecule has 0 atom stereocenters. The SMILES string of the molecule is Nc1c(Br)cc(Cl)cc1CO. The molecule has 0 unspecified atom stereocenters. The lowest BCUT2D eigenvalue weighted by Crippen LogP contribution is -1.94. The van der Waals surface area contributed by atoms with Gasteiger partial charge in [0.05, 0.1) is 12.3 Å². The van der Waals surface area contributed by atoms with Crippen LogP contribution in [0.25, 0.3) is 0 Å². The van der Waals surface area contributed by atoms with Crippen LogP contribution in [0.4, 0.5) is 5.69 Å². The highest BCUT2D eigenvalue weighted by atomic mass is 79.9. The Morgan fingerprint density at radius 2 is 2.18 bits per heavy atom. The Labute approximate surface area is 78.1 Å². The molecule has 0 aliphatic rings. The molecule has 3 N–H and O–H groups in total. The van der Waals surface area contributed by atoms with Crippen LogP contribution in [0.1, 0.15) is 5.56 Å². The second-order valence-electron chi connectivity index (χ2n) is 2.12. The van der Waals surface area contributed by atoms with E-state index >= 15 is 0 Å². The second kappa shape index (κ2) is 3.43. The van der Waals surface area contributed by atoms with E-state index in [0.29, 0.717) is 20.7 Å². The van der Waals surface area contributed by atoms with Crippen molar-refractivity contribution in [3.05, 3.63) is 27.2 Å². The molecule has 4 heteroatoms. The Balaban J connectivity index is 3.24. The number of aliphatic hydroxyl groups is 1. The molecule has 2 nitrogen and oxygen atoms in total. The van der Waals surface area contributed by atoms with Crippen LogP contribution in [-0.2, 0) is 6.61 Å². The van der Waals surface area contributed by atoms with Crippen LogP contribution < -0.4 is 5.73 Å². The first kappa shape index (κ1) is 8.84. The first-order valence-electron chi connectivity index (χ1n) is 2.99. The Hall–Kier alpha value is -0.250. The van der Waals surface area contributed by atoms with Gasteiger partial charge in [-0.15, -0.1) is 0 Å². The van der Waals surface area contributed by atoms with Gasteiger partial charge >= 0.3 is 0 Å². The quantitative estimate of drug-likeness (QED) is 0.734. The molecule has 0 aliphatic carbocycles. The summed E-state index contributed by atoms with van der Waals surface area (Å²) in [5.41, 5.74) is 6.78. The molecule has 0 fully saturated rings. The van der Waals surface area contributed by atoms with Gasteiger partial charge < -0.3 is 10.8 Å². The molecule has 0 radical (unpaired) electrons. The zero-order valence-corrected chi connectivity index (χ0v) is 7.98. The van der Waals surface area contributed by atoms with Crippen LogP contribution in [0.5, 0.6) is 0 Å². The average Bonchev–Trinajstić information content (AvgIpc) is 1.96. The first-order valence-corrected chi connectivity index (χ1v) is 4.16. The molecule has 0 saturated carbocycles. The normalized spacial score (nSPS) is 10.1. The number of benzene rings is 1. The van der Waals surface area contributed by atoms with E-state index in [-0.39, 0.29) is 6.61 Å². The monoisotopic (exact) mass is 235 g/mol. The third kappa shape index (κ3) is 1.86. The lowest BCUT2D eigenvalue weighted by molar-refractivity contribution is 0.282. The van der Waals surface area contributed by atoms with Crippen molar-refractivity contribution >= 4 is 33.2 Å². The van der Waals surface area contributed by atoms with Gasteiger partial charge in [-0.25, -0.2) is 0 Å². The predicted molar refractivity (Wildman–Crippen MR) is 49.5 cm³/mol. The lowest BCUT2D eigenvalue weighted by Gasteiger charge is -2.04. The minimum Gasteiger partial charge on any atom is -0.398 e. The van der Waals surface area contributed by atoms with Gasteiger partial charge in [-0.05, 0) is 28.1 Å². The van der Waals surface area contributed by atoms with E-state index in [0.717, 1.165) is 0 Å². The maximum atomic E-state index is 8.81. The summed E-state index contributed by atoms with van der Waals surface area (Å²) < 4.78 is 0.717. The van der Waals surface area contributed by atoms with Crippen LogP contribution in [0.3, 0.4) is 0 Å².